The van der Waals surface area contributed by atoms with Gasteiger partial charge in [0.05, 0.1) is 48.3 Å². The van der Waals surface area contributed by atoms with Crippen molar-refractivity contribution < 1.29 is 28.7 Å². The van der Waals surface area contributed by atoms with E-state index in [0.717, 1.165) is 5.57 Å². The standard InChI is InChI=1S/C30H30N2O6/c1-5-37-20-13-9-7-11-18(20)31-26(33)22-17-15-16(3)30(4,24(22)28(31)35)25-23(17)27(34)32(29(25)36)19-12-8-10-14-21(19)38-6-2/h7-15,17,22-25H,5-6H2,1-4H3/t17?,22-,23+,24+,25?,30?/m1/s1. The molecular formula is C30H30N2O6. The molecule has 196 valence electrons. The minimum Gasteiger partial charge on any atom is -0.492 e. The number of amides is 4. The Bertz CT molecular complexity index is 1320. The Morgan fingerprint density at radius 1 is 0.711 bits per heavy atom. The average molecular weight is 515 g/mol. The van der Waals surface area contributed by atoms with Crippen LogP contribution in [0.3, 0.4) is 0 Å². The van der Waals surface area contributed by atoms with Crippen LogP contribution in [0.1, 0.15) is 27.7 Å². The number of carbonyl (C=O) groups excluding carboxylic acids is 4. The molecule has 3 fully saturated rings. The van der Waals surface area contributed by atoms with Gasteiger partial charge in [0, 0.05) is 11.3 Å². The third kappa shape index (κ3) is 2.97. The van der Waals surface area contributed by atoms with Crippen molar-refractivity contribution in [3.05, 3.63) is 60.2 Å². The number of anilines is 2. The highest BCUT2D eigenvalue weighted by Crippen LogP contribution is 2.67. The third-order valence-corrected chi connectivity index (χ3v) is 8.93. The van der Waals surface area contributed by atoms with Crippen molar-refractivity contribution in [2.75, 3.05) is 23.0 Å². The molecule has 7 rings (SSSR count). The van der Waals surface area contributed by atoms with Gasteiger partial charge in [0.2, 0.25) is 23.6 Å². The van der Waals surface area contributed by atoms with Crippen LogP contribution in [0.25, 0.3) is 0 Å². The fourth-order valence-corrected chi connectivity index (χ4v) is 7.32. The fourth-order valence-electron chi connectivity index (χ4n) is 7.32. The van der Waals surface area contributed by atoms with Gasteiger partial charge in [-0.2, -0.15) is 0 Å². The molecule has 3 aliphatic carbocycles. The van der Waals surface area contributed by atoms with Crippen molar-refractivity contribution in [1.29, 1.82) is 0 Å². The number of nitrogens with zero attached hydrogens (tertiary/aromatic N) is 2. The molecule has 2 aromatic carbocycles. The zero-order valence-electron chi connectivity index (χ0n) is 21.8. The quantitative estimate of drug-likeness (QED) is 0.428. The summed E-state index contributed by atoms with van der Waals surface area (Å²) in [5, 5.41) is 0. The second-order valence-corrected chi connectivity index (χ2v) is 10.5. The first-order chi connectivity index (χ1) is 18.3. The highest BCUT2D eigenvalue weighted by molar-refractivity contribution is 6.27. The van der Waals surface area contributed by atoms with Crippen molar-refractivity contribution in [2.45, 2.75) is 27.7 Å². The summed E-state index contributed by atoms with van der Waals surface area (Å²) < 4.78 is 11.5. The van der Waals surface area contributed by atoms with Crippen LogP contribution in [0, 0.1) is 35.0 Å². The van der Waals surface area contributed by atoms with Crippen molar-refractivity contribution in [3.63, 3.8) is 0 Å². The number of imide groups is 2. The van der Waals surface area contributed by atoms with Crippen LogP contribution in [0.4, 0.5) is 11.4 Å². The van der Waals surface area contributed by atoms with Gasteiger partial charge in [-0.3, -0.25) is 19.2 Å². The second kappa shape index (κ2) is 8.55. The molecule has 2 aliphatic heterocycles. The number of hydrogen-bond donors (Lipinski definition) is 0. The van der Waals surface area contributed by atoms with Gasteiger partial charge in [0.15, 0.2) is 0 Å². The lowest BCUT2D eigenvalue weighted by Crippen LogP contribution is -2.58. The number of ether oxygens (including phenoxy) is 2. The van der Waals surface area contributed by atoms with Gasteiger partial charge >= 0.3 is 0 Å². The first-order valence-electron chi connectivity index (χ1n) is 13.2. The summed E-state index contributed by atoms with van der Waals surface area (Å²) >= 11 is 0. The number of rotatable bonds is 6. The fraction of sp³-hybridized carbons (Fsp3) is 0.400. The molecule has 3 unspecified atom stereocenters. The van der Waals surface area contributed by atoms with Crippen molar-refractivity contribution >= 4 is 35.0 Å². The minimum atomic E-state index is -0.992. The van der Waals surface area contributed by atoms with Gasteiger partial charge in [0.1, 0.15) is 11.5 Å². The highest BCUT2D eigenvalue weighted by Gasteiger charge is 2.74. The summed E-state index contributed by atoms with van der Waals surface area (Å²) in [6, 6.07) is 14.0. The van der Waals surface area contributed by atoms with Crippen LogP contribution in [0.15, 0.2) is 60.2 Å². The molecule has 1 saturated carbocycles. The Hall–Kier alpha value is -3.94. The summed E-state index contributed by atoms with van der Waals surface area (Å²) in [6.45, 7) is 8.22. The SMILES string of the molecule is CCOc1ccccc1N1C(=O)C2[C@@H](C1=O)C1C=C(C)C2(C)[C@@H]2C(=O)N(c3ccccc3OCC)C(=O)[C@H]12. The third-order valence-electron chi connectivity index (χ3n) is 8.93. The normalized spacial score (nSPS) is 31.5. The van der Waals surface area contributed by atoms with Crippen LogP contribution in [-0.2, 0) is 19.2 Å². The molecule has 0 radical (unpaired) electrons. The first kappa shape index (κ1) is 24.4. The molecule has 6 atom stereocenters. The lowest BCUT2D eigenvalue weighted by molar-refractivity contribution is -0.146. The van der Waals surface area contributed by atoms with Crippen LogP contribution >= 0.6 is 0 Å². The summed E-state index contributed by atoms with van der Waals surface area (Å²) in [7, 11) is 0. The molecule has 8 nitrogen and oxygen atoms in total. The average Bonchev–Trinajstić information content (AvgIpc) is 3.33. The monoisotopic (exact) mass is 514 g/mol. The van der Waals surface area contributed by atoms with Gasteiger partial charge in [-0.15, -0.1) is 0 Å². The van der Waals surface area contributed by atoms with Crippen LogP contribution in [0.5, 0.6) is 11.5 Å². The van der Waals surface area contributed by atoms with E-state index in [1.807, 2.05) is 33.8 Å². The van der Waals surface area contributed by atoms with E-state index in [1.54, 1.807) is 48.5 Å². The maximum Gasteiger partial charge on any atom is 0.238 e. The van der Waals surface area contributed by atoms with Gasteiger partial charge in [-0.25, -0.2) is 9.80 Å². The van der Waals surface area contributed by atoms with E-state index in [-0.39, 0.29) is 23.6 Å². The summed E-state index contributed by atoms with van der Waals surface area (Å²) in [4.78, 5) is 58.7. The van der Waals surface area contributed by atoms with E-state index in [0.29, 0.717) is 36.1 Å². The van der Waals surface area contributed by atoms with Gasteiger partial charge in [-0.1, -0.05) is 42.8 Å². The molecule has 0 spiro atoms. The topological polar surface area (TPSA) is 93.2 Å². The maximum atomic E-state index is 14.1. The van der Waals surface area contributed by atoms with Crippen molar-refractivity contribution in [2.24, 2.45) is 35.0 Å². The van der Waals surface area contributed by atoms with Gasteiger partial charge < -0.3 is 9.47 Å². The molecule has 0 N–H and O–H groups in total. The molecule has 8 heteroatoms. The smallest absolute Gasteiger partial charge is 0.238 e. The van der Waals surface area contributed by atoms with Crippen LogP contribution in [-0.4, -0.2) is 36.8 Å². The summed E-state index contributed by atoms with van der Waals surface area (Å²) in [5.74, 6) is -4.02. The van der Waals surface area contributed by atoms with E-state index in [1.165, 1.54) is 9.80 Å². The largest absolute Gasteiger partial charge is 0.492 e. The molecule has 38 heavy (non-hydrogen) atoms. The van der Waals surface area contributed by atoms with Crippen LogP contribution in [0.2, 0.25) is 0 Å². The van der Waals surface area contributed by atoms with E-state index in [9.17, 15) is 19.2 Å². The molecule has 4 amide bonds. The summed E-state index contributed by atoms with van der Waals surface area (Å²) in [6.07, 6.45) is 1.95. The lowest BCUT2D eigenvalue weighted by Gasteiger charge is -2.54. The Labute approximate surface area is 221 Å². The van der Waals surface area contributed by atoms with Gasteiger partial charge in [-0.05, 0) is 45.0 Å². The predicted molar refractivity (Wildman–Crippen MR) is 140 cm³/mol. The molecule has 2 aromatic rings. The Kier molecular flexibility index (Phi) is 5.49. The lowest BCUT2D eigenvalue weighted by atomic mass is 9.45. The second-order valence-electron chi connectivity index (χ2n) is 10.5. The summed E-state index contributed by atoms with van der Waals surface area (Å²) in [5.41, 5.74) is 0.671. The number of allylic oxidation sites excluding steroid dienone is 2. The predicted octanol–water partition coefficient (Wildman–Crippen LogP) is 3.99. The minimum absolute atomic E-state index is 0.348. The molecule has 2 saturated heterocycles. The molecular weight excluding hydrogens is 484 g/mol. The molecule has 2 bridgehead atoms. The van der Waals surface area contributed by atoms with E-state index >= 15 is 0 Å². The molecule has 2 heterocycles. The molecule has 5 aliphatic rings. The number of benzene rings is 2. The highest BCUT2D eigenvalue weighted by atomic mass is 16.5. The Balaban J connectivity index is 1.46. The number of carbonyl (C=O) groups is 4. The van der Waals surface area contributed by atoms with E-state index in [4.69, 9.17) is 9.47 Å². The molecule has 0 aromatic heterocycles. The van der Waals surface area contributed by atoms with E-state index < -0.39 is 35.0 Å². The first-order valence-corrected chi connectivity index (χ1v) is 13.2. The Morgan fingerprint density at radius 2 is 1.13 bits per heavy atom. The number of hydrogen-bond acceptors (Lipinski definition) is 6. The zero-order chi connectivity index (χ0) is 26.9. The maximum absolute atomic E-state index is 14.1. The van der Waals surface area contributed by atoms with Crippen LogP contribution < -0.4 is 19.3 Å². The Morgan fingerprint density at radius 3 is 1.55 bits per heavy atom. The zero-order valence-corrected chi connectivity index (χ0v) is 21.8. The van der Waals surface area contributed by atoms with Gasteiger partial charge in [0.25, 0.3) is 0 Å². The van der Waals surface area contributed by atoms with Crippen molar-refractivity contribution in [3.8, 4) is 11.5 Å². The van der Waals surface area contributed by atoms with Crippen molar-refractivity contribution in [1.82, 2.24) is 0 Å². The number of para-hydroxylation sites is 4. The van der Waals surface area contributed by atoms with E-state index in [2.05, 4.69) is 0 Å².